The maximum atomic E-state index is 13.7. The van der Waals surface area contributed by atoms with E-state index in [9.17, 15) is 18.8 Å². The van der Waals surface area contributed by atoms with Crippen molar-refractivity contribution >= 4 is 17.4 Å². The molecule has 0 bridgehead atoms. The van der Waals surface area contributed by atoms with E-state index in [1.807, 2.05) is 45.0 Å². The molecule has 0 fully saturated rings. The van der Waals surface area contributed by atoms with E-state index in [1.54, 1.807) is 7.05 Å². The Morgan fingerprint density at radius 3 is 2.34 bits per heavy atom. The minimum absolute atomic E-state index is 0.0151. The van der Waals surface area contributed by atoms with E-state index in [2.05, 4.69) is 0 Å². The fraction of sp³-hybridized carbons (Fsp3) is 0.269. The fourth-order valence-electron chi connectivity index (χ4n) is 4.38. The second-order valence-corrected chi connectivity index (χ2v) is 9.14. The molecule has 0 aliphatic heterocycles. The molecule has 0 unspecified atom stereocenters. The van der Waals surface area contributed by atoms with Gasteiger partial charge in [0.1, 0.15) is 11.4 Å². The molecular formula is C26H25FN2O3. The lowest BCUT2D eigenvalue weighted by molar-refractivity contribution is 0.0910. The lowest BCUT2D eigenvalue weighted by Gasteiger charge is -2.32. The smallest absolute Gasteiger partial charge is 0.268 e. The predicted octanol–water partition coefficient (Wildman–Crippen LogP) is 4.72. The Hall–Kier alpha value is -3.54. The van der Waals surface area contributed by atoms with Crippen LogP contribution in [0.5, 0.6) is 0 Å². The highest BCUT2D eigenvalue weighted by atomic mass is 19.1. The lowest BCUT2D eigenvalue weighted by atomic mass is 9.73. The molecule has 0 atom stereocenters. The minimum atomic E-state index is -0.522. The van der Waals surface area contributed by atoms with Gasteiger partial charge < -0.3 is 4.90 Å². The average Bonchev–Trinajstić information content (AvgIpc) is 2.73. The number of nitrogens with zero attached hydrogens (tertiary/aromatic N) is 2. The number of aromatic nitrogens is 1. The summed E-state index contributed by atoms with van der Waals surface area (Å²) in [6.07, 6.45) is 2.26. The number of Topliss-reactive ketones (excluding diaryl/α,β-unsaturated/α-hetero) is 1. The highest BCUT2D eigenvalue weighted by Gasteiger charge is 2.36. The zero-order valence-corrected chi connectivity index (χ0v) is 18.6. The van der Waals surface area contributed by atoms with Crippen LogP contribution in [0.2, 0.25) is 0 Å². The zero-order chi connectivity index (χ0) is 23.2. The summed E-state index contributed by atoms with van der Waals surface area (Å²) >= 11 is 0. The first-order valence-electron chi connectivity index (χ1n) is 10.5. The van der Waals surface area contributed by atoms with Crippen molar-refractivity contribution in [2.75, 3.05) is 11.9 Å². The van der Waals surface area contributed by atoms with Gasteiger partial charge in [0.05, 0.1) is 0 Å². The average molecular weight is 432 g/mol. The molecule has 0 spiro atoms. The normalized spacial score (nSPS) is 14.7. The van der Waals surface area contributed by atoms with Crippen LogP contribution in [0.3, 0.4) is 0 Å². The monoisotopic (exact) mass is 432 g/mol. The number of anilines is 1. The Balaban J connectivity index is 1.97. The summed E-state index contributed by atoms with van der Waals surface area (Å²) in [5.74, 6) is -1.02. The number of carbonyl (C=O) groups is 2. The molecule has 1 amide bonds. The van der Waals surface area contributed by atoms with E-state index in [-0.39, 0.29) is 16.8 Å². The molecule has 1 heterocycles. The van der Waals surface area contributed by atoms with Crippen molar-refractivity contribution in [1.82, 2.24) is 4.57 Å². The topological polar surface area (TPSA) is 59.4 Å². The second kappa shape index (κ2) is 7.86. The molecule has 0 N–H and O–H groups in total. The van der Waals surface area contributed by atoms with E-state index in [0.29, 0.717) is 35.3 Å². The summed E-state index contributed by atoms with van der Waals surface area (Å²) in [4.78, 5) is 41.8. The number of hydrogen-bond donors (Lipinski definition) is 0. The molecule has 0 saturated carbocycles. The van der Waals surface area contributed by atoms with E-state index in [4.69, 9.17) is 0 Å². The van der Waals surface area contributed by atoms with E-state index < -0.39 is 17.3 Å². The quantitative estimate of drug-likeness (QED) is 0.602. The van der Waals surface area contributed by atoms with Crippen LogP contribution in [-0.2, 0) is 6.42 Å². The number of halogens is 1. The molecule has 3 aromatic rings. The number of aryl methyl sites for hydroxylation is 1. The van der Waals surface area contributed by atoms with Crippen molar-refractivity contribution in [3.05, 3.63) is 93.2 Å². The van der Waals surface area contributed by atoms with Crippen LogP contribution in [0.15, 0.2) is 59.5 Å². The Bertz CT molecular complexity index is 1290. The summed E-state index contributed by atoms with van der Waals surface area (Å²) in [7, 11) is 1.63. The third-order valence-corrected chi connectivity index (χ3v) is 6.01. The number of rotatable bonds is 3. The fourth-order valence-corrected chi connectivity index (χ4v) is 4.38. The summed E-state index contributed by atoms with van der Waals surface area (Å²) in [5.41, 5.74) is 1.92. The van der Waals surface area contributed by atoms with Crippen molar-refractivity contribution < 1.29 is 14.0 Å². The Morgan fingerprint density at radius 1 is 1.03 bits per heavy atom. The number of amides is 1. The molecular weight excluding hydrogens is 407 g/mol. The van der Waals surface area contributed by atoms with Crippen LogP contribution in [-0.4, -0.2) is 23.3 Å². The molecule has 4 rings (SSSR count). The van der Waals surface area contributed by atoms with E-state index >= 15 is 0 Å². The van der Waals surface area contributed by atoms with Gasteiger partial charge in [-0.2, -0.15) is 0 Å². The van der Waals surface area contributed by atoms with Crippen molar-refractivity contribution in [3.63, 3.8) is 0 Å². The van der Waals surface area contributed by atoms with Gasteiger partial charge in [-0.3, -0.25) is 19.0 Å². The predicted molar refractivity (Wildman–Crippen MR) is 122 cm³/mol. The first-order valence-corrected chi connectivity index (χ1v) is 10.5. The van der Waals surface area contributed by atoms with Gasteiger partial charge in [-0.25, -0.2) is 4.39 Å². The molecule has 1 aliphatic rings. The number of fused-ring (bicyclic) bond motifs is 1. The van der Waals surface area contributed by atoms with Crippen LogP contribution in [0.1, 0.15) is 52.1 Å². The molecule has 5 nitrogen and oxygen atoms in total. The molecule has 1 aliphatic carbocycles. The van der Waals surface area contributed by atoms with Gasteiger partial charge in [0.15, 0.2) is 5.78 Å². The highest BCUT2D eigenvalue weighted by molar-refractivity contribution is 6.10. The standard InChI is InChI=1S/C26H25FN2O3/c1-16-7-5-6-8-21(16)28(4)24(31)23-19-13-26(2,3)14-22(30)20(19)15-29(25(23)32)18-11-9-17(27)10-12-18/h5-12,15H,13-14H2,1-4H3. The maximum Gasteiger partial charge on any atom is 0.268 e. The lowest BCUT2D eigenvalue weighted by Crippen LogP contribution is -2.40. The molecule has 32 heavy (non-hydrogen) atoms. The Morgan fingerprint density at radius 2 is 1.69 bits per heavy atom. The SMILES string of the molecule is Cc1ccccc1N(C)C(=O)c1c2c(cn(-c3ccc(F)cc3)c1=O)C(=O)CC(C)(C)C2. The molecule has 6 heteroatoms. The largest absolute Gasteiger partial charge is 0.311 e. The van der Waals surface area contributed by atoms with Crippen LogP contribution in [0.25, 0.3) is 5.69 Å². The number of benzene rings is 2. The number of para-hydroxylation sites is 1. The molecule has 164 valence electrons. The second-order valence-electron chi connectivity index (χ2n) is 9.14. The molecule has 0 saturated heterocycles. The van der Waals surface area contributed by atoms with Crippen molar-refractivity contribution in [1.29, 1.82) is 0 Å². The van der Waals surface area contributed by atoms with Crippen molar-refractivity contribution in [2.24, 2.45) is 5.41 Å². The van der Waals surface area contributed by atoms with E-state index in [1.165, 1.54) is 39.9 Å². The highest BCUT2D eigenvalue weighted by Crippen LogP contribution is 2.36. The minimum Gasteiger partial charge on any atom is -0.311 e. The van der Waals surface area contributed by atoms with Gasteiger partial charge >= 0.3 is 0 Å². The number of ketones is 1. The molecule has 0 radical (unpaired) electrons. The third-order valence-electron chi connectivity index (χ3n) is 6.01. The number of carbonyl (C=O) groups excluding carboxylic acids is 2. The van der Waals surface area contributed by atoms with E-state index in [0.717, 1.165) is 5.56 Å². The van der Waals surface area contributed by atoms with Gasteiger partial charge in [0.25, 0.3) is 11.5 Å². The van der Waals surface area contributed by atoms with Gasteiger partial charge in [-0.15, -0.1) is 0 Å². The first kappa shape index (κ1) is 21.7. The first-order chi connectivity index (χ1) is 15.1. The Labute approximate surface area is 186 Å². The van der Waals surface area contributed by atoms with Crippen molar-refractivity contribution in [3.8, 4) is 5.69 Å². The van der Waals surface area contributed by atoms with Gasteiger partial charge in [-0.05, 0) is 60.2 Å². The zero-order valence-electron chi connectivity index (χ0n) is 18.6. The van der Waals surface area contributed by atoms with Gasteiger partial charge in [-0.1, -0.05) is 32.0 Å². The van der Waals surface area contributed by atoms with Crippen molar-refractivity contribution in [2.45, 2.75) is 33.6 Å². The Kier molecular flexibility index (Phi) is 5.33. The summed E-state index contributed by atoms with van der Waals surface area (Å²) in [6, 6.07) is 12.8. The number of hydrogen-bond acceptors (Lipinski definition) is 3. The summed E-state index contributed by atoms with van der Waals surface area (Å²) < 4.78 is 14.7. The summed E-state index contributed by atoms with van der Waals surface area (Å²) in [5, 5.41) is 0. The summed E-state index contributed by atoms with van der Waals surface area (Å²) in [6.45, 7) is 5.81. The maximum absolute atomic E-state index is 13.7. The van der Waals surface area contributed by atoms with Gasteiger partial charge in [0, 0.05) is 36.6 Å². The van der Waals surface area contributed by atoms with Crippen LogP contribution in [0, 0.1) is 18.2 Å². The number of pyridine rings is 1. The third kappa shape index (κ3) is 3.77. The van der Waals surface area contributed by atoms with Crippen LogP contribution >= 0.6 is 0 Å². The van der Waals surface area contributed by atoms with Crippen LogP contribution < -0.4 is 10.5 Å². The van der Waals surface area contributed by atoms with Gasteiger partial charge in [0.2, 0.25) is 0 Å². The molecule has 2 aromatic carbocycles. The molecule has 1 aromatic heterocycles. The van der Waals surface area contributed by atoms with Crippen LogP contribution in [0.4, 0.5) is 10.1 Å².